The predicted octanol–water partition coefficient (Wildman–Crippen LogP) is 2.44. The number of aromatic nitrogens is 1. The van der Waals surface area contributed by atoms with Gasteiger partial charge in [-0.2, -0.15) is 13.2 Å². The van der Waals surface area contributed by atoms with Crippen molar-refractivity contribution in [3.8, 4) is 5.88 Å². The van der Waals surface area contributed by atoms with E-state index in [0.717, 1.165) is 6.07 Å². The molecule has 5 nitrogen and oxygen atoms in total. The Kier molecular flexibility index (Phi) is 6.01. The molecule has 1 aromatic heterocycles. The molecule has 0 bridgehead atoms. The van der Waals surface area contributed by atoms with Gasteiger partial charge in [-0.25, -0.2) is 4.98 Å². The molecule has 0 aliphatic heterocycles. The molecule has 8 heteroatoms. The Morgan fingerprint density at radius 2 is 2.00 bits per heavy atom. The molecule has 0 aromatic carbocycles. The fourth-order valence-electron chi connectivity index (χ4n) is 1.57. The number of alkyl halides is 3. The Hall–Kier alpha value is -1.99. The average molecular weight is 318 g/mol. The zero-order chi connectivity index (χ0) is 16.8. The van der Waals surface area contributed by atoms with Gasteiger partial charge in [0.1, 0.15) is 12.2 Å². The number of hydrogen-bond acceptors (Lipinski definition) is 3. The second kappa shape index (κ2) is 7.33. The van der Waals surface area contributed by atoms with Crippen LogP contribution in [-0.4, -0.2) is 36.7 Å². The predicted molar refractivity (Wildman–Crippen MR) is 79.0 cm³/mol. The van der Waals surface area contributed by atoms with Gasteiger partial charge in [-0.3, -0.25) is 4.99 Å². The number of aliphatic imine (C=N–C) groups is 1. The van der Waals surface area contributed by atoms with E-state index in [1.807, 2.05) is 20.8 Å². The molecule has 124 valence electrons. The first kappa shape index (κ1) is 18.1. The van der Waals surface area contributed by atoms with Crippen molar-refractivity contribution in [2.24, 2.45) is 4.99 Å². The summed E-state index contributed by atoms with van der Waals surface area (Å²) < 4.78 is 43.4. The molecule has 0 spiro atoms. The standard InChI is InChI=1S/C14H21F3N4O/c1-13(2,3)21-12(18-4)20-8-9-22-11-10(14(15,16)17)6-5-7-19-11/h5-7H,8-9H2,1-4H3,(H2,18,20,21). The van der Waals surface area contributed by atoms with Crippen LogP contribution in [0.4, 0.5) is 13.2 Å². The molecule has 0 radical (unpaired) electrons. The summed E-state index contributed by atoms with van der Waals surface area (Å²) in [5.74, 6) is 0.128. The molecule has 0 aliphatic rings. The summed E-state index contributed by atoms with van der Waals surface area (Å²) >= 11 is 0. The van der Waals surface area contributed by atoms with Crippen LogP contribution < -0.4 is 15.4 Å². The highest BCUT2D eigenvalue weighted by Crippen LogP contribution is 2.34. The van der Waals surface area contributed by atoms with Crippen LogP contribution in [0.5, 0.6) is 5.88 Å². The first-order valence-electron chi connectivity index (χ1n) is 6.77. The normalized spacial score (nSPS) is 13.0. The molecule has 1 aromatic rings. The third-order valence-corrected chi connectivity index (χ3v) is 2.43. The SMILES string of the molecule is CN=C(NCCOc1ncccc1C(F)(F)F)NC(C)(C)C. The highest BCUT2D eigenvalue weighted by Gasteiger charge is 2.34. The molecule has 0 saturated carbocycles. The van der Waals surface area contributed by atoms with Gasteiger partial charge in [0.25, 0.3) is 0 Å². The summed E-state index contributed by atoms with van der Waals surface area (Å²) in [6.45, 7) is 6.24. The topological polar surface area (TPSA) is 58.5 Å². The van der Waals surface area contributed by atoms with E-state index in [2.05, 4.69) is 20.6 Å². The van der Waals surface area contributed by atoms with Gasteiger partial charge in [0.05, 0.1) is 6.54 Å². The Balaban J connectivity index is 2.52. The van der Waals surface area contributed by atoms with Gasteiger partial charge in [-0.05, 0) is 32.9 Å². The second-order valence-corrected chi connectivity index (χ2v) is 5.58. The maximum Gasteiger partial charge on any atom is 0.421 e. The minimum atomic E-state index is -4.49. The summed E-state index contributed by atoms with van der Waals surface area (Å²) in [5.41, 5.74) is -1.06. The maximum atomic E-state index is 12.8. The summed E-state index contributed by atoms with van der Waals surface area (Å²) in [7, 11) is 1.61. The number of guanidine groups is 1. The largest absolute Gasteiger partial charge is 0.475 e. The molecular weight excluding hydrogens is 297 g/mol. The van der Waals surface area contributed by atoms with Crippen LogP contribution >= 0.6 is 0 Å². The van der Waals surface area contributed by atoms with E-state index < -0.39 is 17.6 Å². The van der Waals surface area contributed by atoms with Crippen molar-refractivity contribution in [3.63, 3.8) is 0 Å². The van der Waals surface area contributed by atoms with Crippen LogP contribution in [0.25, 0.3) is 0 Å². The number of pyridine rings is 1. The lowest BCUT2D eigenvalue weighted by Crippen LogP contribution is -2.48. The summed E-state index contributed by atoms with van der Waals surface area (Å²) in [4.78, 5) is 7.64. The van der Waals surface area contributed by atoms with Crippen LogP contribution in [-0.2, 0) is 6.18 Å². The highest BCUT2D eigenvalue weighted by molar-refractivity contribution is 5.80. The maximum absolute atomic E-state index is 12.8. The molecule has 1 heterocycles. The van der Waals surface area contributed by atoms with Gasteiger partial charge < -0.3 is 15.4 Å². The smallest absolute Gasteiger partial charge is 0.421 e. The number of hydrogen-bond donors (Lipinski definition) is 2. The molecule has 0 fully saturated rings. The van der Waals surface area contributed by atoms with Crippen molar-refractivity contribution in [3.05, 3.63) is 23.9 Å². The molecule has 0 saturated heterocycles. The first-order chi connectivity index (χ1) is 10.1. The summed E-state index contributed by atoms with van der Waals surface area (Å²) in [6, 6.07) is 2.17. The van der Waals surface area contributed by atoms with E-state index >= 15 is 0 Å². The number of rotatable bonds is 4. The van der Waals surface area contributed by atoms with Crippen molar-refractivity contribution in [1.29, 1.82) is 0 Å². The van der Waals surface area contributed by atoms with Crippen LogP contribution in [0, 0.1) is 0 Å². The minimum Gasteiger partial charge on any atom is -0.475 e. The minimum absolute atomic E-state index is 0.0327. The number of ether oxygens (including phenoxy) is 1. The number of nitrogens with one attached hydrogen (secondary N) is 2. The second-order valence-electron chi connectivity index (χ2n) is 5.58. The molecule has 0 aliphatic carbocycles. The van der Waals surface area contributed by atoms with Gasteiger partial charge in [-0.1, -0.05) is 0 Å². The van der Waals surface area contributed by atoms with Crippen LogP contribution in [0.2, 0.25) is 0 Å². The average Bonchev–Trinajstić information content (AvgIpc) is 2.40. The van der Waals surface area contributed by atoms with Crippen LogP contribution in [0.15, 0.2) is 23.3 Å². The highest BCUT2D eigenvalue weighted by atomic mass is 19.4. The van der Waals surface area contributed by atoms with E-state index in [4.69, 9.17) is 4.74 Å². The lowest BCUT2D eigenvalue weighted by atomic mass is 10.1. The molecule has 0 amide bonds. The number of halogens is 3. The van der Waals surface area contributed by atoms with E-state index in [0.29, 0.717) is 12.5 Å². The lowest BCUT2D eigenvalue weighted by molar-refractivity contribution is -0.139. The third-order valence-electron chi connectivity index (χ3n) is 2.43. The van der Waals surface area contributed by atoms with Crippen molar-refractivity contribution < 1.29 is 17.9 Å². The molecular formula is C14H21F3N4O. The lowest BCUT2D eigenvalue weighted by Gasteiger charge is -2.23. The van der Waals surface area contributed by atoms with Gasteiger partial charge in [0.2, 0.25) is 5.88 Å². The Morgan fingerprint density at radius 3 is 2.55 bits per heavy atom. The molecule has 1 rings (SSSR count). The van der Waals surface area contributed by atoms with Gasteiger partial charge in [0.15, 0.2) is 5.96 Å². The zero-order valence-electron chi connectivity index (χ0n) is 13.1. The Labute approximate surface area is 128 Å². The third kappa shape index (κ3) is 6.19. The Bertz CT molecular complexity index is 510. The van der Waals surface area contributed by atoms with Crippen molar-refractivity contribution in [1.82, 2.24) is 15.6 Å². The van der Waals surface area contributed by atoms with Crippen LogP contribution in [0.1, 0.15) is 26.3 Å². The summed E-state index contributed by atoms with van der Waals surface area (Å²) in [5, 5.41) is 6.09. The van der Waals surface area contributed by atoms with Crippen molar-refractivity contribution in [2.45, 2.75) is 32.5 Å². The van der Waals surface area contributed by atoms with Gasteiger partial charge >= 0.3 is 6.18 Å². The van der Waals surface area contributed by atoms with Crippen molar-refractivity contribution in [2.75, 3.05) is 20.2 Å². The molecule has 0 atom stereocenters. The van der Waals surface area contributed by atoms with Crippen molar-refractivity contribution >= 4 is 5.96 Å². The van der Waals surface area contributed by atoms with E-state index in [1.165, 1.54) is 12.3 Å². The zero-order valence-corrected chi connectivity index (χ0v) is 13.1. The molecule has 22 heavy (non-hydrogen) atoms. The first-order valence-corrected chi connectivity index (χ1v) is 6.77. The summed E-state index contributed by atoms with van der Waals surface area (Å²) in [6.07, 6.45) is -3.22. The van der Waals surface area contributed by atoms with Gasteiger partial charge in [-0.15, -0.1) is 0 Å². The molecule has 0 unspecified atom stereocenters. The quantitative estimate of drug-likeness (QED) is 0.509. The van der Waals surface area contributed by atoms with E-state index in [1.54, 1.807) is 7.05 Å². The fraction of sp³-hybridized carbons (Fsp3) is 0.571. The van der Waals surface area contributed by atoms with E-state index in [-0.39, 0.29) is 12.1 Å². The fourth-order valence-corrected chi connectivity index (χ4v) is 1.57. The Morgan fingerprint density at radius 1 is 1.32 bits per heavy atom. The molecule has 2 N–H and O–H groups in total. The monoisotopic (exact) mass is 318 g/mol. The van der Waals surface area contributed by atoms with Crippen LogP contribution in [0.3, 0.4) is 0 Å². The van der Waals surface area contributed by atoms with Gasteiger partial charge in [0, 0.05) is 18.8 Å². The number of nitrogens with zero attached hydrogens (tertiary/aromatic N) is 2. The van der Waals surface area contributed by atoms with E-state index in [9.17, 15) is 13.2 Å².